The molecule has 1 N–H and O–H groups in total. The Kier molecular flexibility index (Phi) is 4.43. The number of rotatable bonds is 5. The Bertz CT molecular complexity index is 990. The van der Waals surface area contributed by atoms with Crippen molar-refractivity contribution in [3.63, 3.8) is 0 Å². The Morgan fingerprint density at radius 1 is 1.32 bits per heavy atom. The number of fused-ring (bicyclic) bond motifs is 1. The molecular weight excluding hydrogens is 338 g/mol. The first-order chi connectivity index (χ1) is 11.8. The summed E-state index contributed by atoms with van der Waals surface area (Å²) in [6, 6.07) is 5.40. The van der Waals surface area contributed by atoms with Crippen LogP contribution in [-0.4, -0.2) is 25.6 Å². The van der Waals surface area contributed by atoms with Crippen LogP contribution in [0.25, 0.3) is 21.6 Å². The van der Waals surface area contributed by atoms with Crippen molar-refractivity contribution < 1.29 is 9.90 Å². The van der Waals surface area contributed by atoms with E-state index < -0.39 is 11.4 Å². The van der Waals surface area contributed by atoms with Gasteiger partial charge in [0.15, 0.2) is 0 Å². The zero-order valence-electron chi connectivity index (χ0n) is 14.3. The number of aromatic nitrogens is 3. The first-order valence-electron chi connectivity index (χ1n) is 8.00. The average Bonchev–Trinajstić information content (AvgIpc) is 3.01. The van der Waals surface area contributed by atoms with Gasteiger partial charge in [-0.05, 0) is 38.5 Å². The first-order valence-corrected chi connectivity index (χ1v) is 8.82. The van der Waals surface area contributed by atoms with Crippen molar-refractivity contribution in [2.24, 2.45) is 5.41 Å². The van der Waals surface area contributed by atoms with E-state index >= 15 is 0 Å². The van der Waals surface area contributed by atoms with Crippen LogP contribution in [0.4, 0.5) is 0 Å². The van der Waals surface area contributed by atoms with Gasteiger partial charge in [-0.1, -0.05) is 6.92 Å². The van der Waals surface area contributed by atoms with E-state index in [1.54, 1.807) is 38.4 Å². The number of aryl methyl sites for hydroxylation is 1. The molecule has 0 amide bonds. The molecule has 0 atom stereocenters. The average molecular weight is 357 g/mol. The fourth-order valence-corrected chi connectivity index (χ4v) is 3.53. The summed E-state index contributed by atoms with van der Waals surface area (Å²) in [6.07, 6.45) is 4.08. The summed E-state index contributed by atoms with van der Waals surface area (Å²) in [5.41, 5.74) is -0.561. The number of carboxylic acid groups (broad SMARTS) is 1. The highest BCUT2D eigenvalue weighted by atomic mass is 32.1. The molecule has 0 saturated carbocycles. The zero-order valence-corrected chi connectivity index (χ0v) is 15.1. The maximum absolute atomic E-state index is 13.1. The Morgan fingerprint density at radius 3 is 2.60 bits per heavy atom. The normalized spacial score (nSPS) is 11.8. The first kappa shape index (κ1) is 17.3. The van der Waals surface area contributed by atoms with Crippen LogP contribution in [0.5, 0.6) is 0 Å². The van der Waals surface area contributed by atoms with Crippen LogP contribution in [0, 0.1) is 5.41 Å². The van der Waals surface area contributed by atoms with Crippen LogP contribution >= 0.6 is 11.3 Å². The summed E-state index contributed by atoms with van der Waals surface area (Å²) in [4.78, 5) is 35.1. The molecule has 0 aliphatic carbocycles. The van der Waals surface area contributed by atoms with Crippen LogP contribution in [0.2, 0.25) is 0 Å². The van der Waals surface area contributed by atoms with Gasteiger partial charge in [-0.15, -0.1) is 11.3 Å². The van der Waals surface area contributed by atoms with E-state index in [1.807, 2.05) is 13.0 Å². The van der Waals surface area contributed by atoms with Gasteiger partial charge in [-0.2, -0.15) is 0 Å². The predicted molar refractivity (Wildman–Crippen MR) is 97.9 cm³/mol. The quantitative estimate of drug-likeness (QED) is 0.758. The van der Waals surface area contributed by atoms with E-state index in [0.717, 1.165) is 16.9 Å². The third-order valence-electron chi connectivity index (χ3n) is 4.12. The number of carbonyl (C=O) groups is 1. The van der Waals surface area contributed by atoms with E-state index in [-0.39, 0.29) is 12.1 Å². The Balaban J connectivity index is 2.29. The highest BCUT2D eigenvalue weighted by Crippen LogP contribution is 2.27. The molecule has 25 heavy (non-hydrogen) atoms. The molecule has 0 spiro atoms. The number of pyridine rings is 1. The van der Waals surface area contributed by atoms with Crippen molar-refractivity contribution in [2.75, 3.05) is 0 Å². The minimum absolute atomic E-state index is 0.0407. The largest absolute Gasteiger partial charge is 0.481 e. The molecule has 3 aromatic heterocycles. The molecule has 3 heterocycles. The van der Waals surface area contributed by atoms with Crippen LogP contribution in [-0.2, 0) is 17.8 Å². The van der Waals surface area contributed by atoms with Gasteiger partial charge >= 0.3 is 5.97 Å². The molecule has 0 radical (unpaired) electrons. The summed E-state index contributed by atoms with van der Waals surface area (Å²) >= 11 is 1.50. The second kappa shape index (κ2) is 6.40. The number of thiophene rings is 1. The van der Waals surface area contributed by atoms with E-state index in [4.69, 9.17) is 0 Å². The molecule has 0 bridgehead atoms. The lowest BCUT2D eigenvalue weighted by atomic mass is 9.93. The van der Waals surface area contributed by atoms with Gasteiger partial charge in [0.25, 0.3) is 5.56 Å². The highest BCUT2D eigenvalue weighted by Gasteiger charge is 2.30. The van der Waals surface area contributed by atoms with Crippen LogP contribution < -0.4 is 5.56 Å². The third-order valence-corrected chi connectivity index (χ3v) is 5.29. The third kappa shape index (κ3) is 3.19. The minimum atomic E-state index is -1.09. The van der Waals surface area contributed by atoms with Crippen molar-refractivity contribution in [3.05, 3.63) is 45.8 Å². The van der Waals surface area contributed by atoms with Crippen molar-refractivity contribution in [2.45, 2.75) is 33.7 Å². The maximum atomic E-state index is 13.1. The van der Waals surface area contributed by atoms with E-state index in [0.29, 0.717) is 16.0 Å². The topological polar surface area (TPSA) is 85.1 Å². The van der Waals surface area contributed by atoms with Crippen molar-refractivity contribution >= 4 is 27.5 Å². The highest BCUT2D eigenvalue weighted by molar-refractivity contribution is 7.18. The van der Waals surface area contributed by atoms with Crippen LogP contribution in [0.3, 0.4) is 0 Å². The Morgan fingerprint density at radius 2 is 2.00 bits per heavy atom. The molecule has 3 aromatic rings. The van der Waals surface area contributed by atoms with Gasteiger partial charge in [0.1, 0.15) is 10.7 Å². The van der Waals surface area contributed by atoms with E-state index in [2.05, 4.69) is 9.97 Å². The maximum Gasteiger partial charge on any atom is 0.310 e. The number of aliphatic carboxylic acids is 1. The molecule has 0 aromatic carbocycles. The molecule has 6 nitrogen and oxygen atoms in total. The van der Waals surface area contributed by atoms with E-state index in [9.17, 15) is 14.7 Å². The summed E-state index contributed by atoms with van der Waals surface area (Å²) in [6.45, 7) is 5.28. The SMILES string of the molecule is CCc1cc2c(=O)n(CC(C)(C)C(=O)O)c(-c3ccncc3)nc2s1. The smallest absolute Gasteiger partial charge is 0.310 e. The second-order valence-corrected chi connectivity index (χ2v) is 7.65. The van der Waals surface area contributed by atoms with Crippen LogP contribution in [0.1, 0.15) is 25.6 Å². The van der Waals surface area contributed by atoms with Gasteiger partial charge in [-0.25, -0.2) is 4.98 Å². The number of hydrogen-bond acceptors (Lipinski definition) is 5. The summed E-state index contributed by atoms with van der Waals surface area (Å²) < 4.78 is 1.47. The molecule has 0 unspecified atom stereocenters. The van der Waals surface area contributed by atoms with E-state index in [1.165, 1.54) is 15.9 Å². The summed E-state index contributed by atoms with van der Waals surface area (Å²) in [7, 11) is 0. The van der Waals surface area contributed by atoms with Gasteiger partial charge in [0.05, 0.1) is 10.8 Å². The summed E-state index contributed by atoms with van der Waals surface area (Å²) in [5, 5.41) is 10.0. The lowest BCUT2D eigenvalue weighted by Crippen LogP contribution is -2.35. The zero-order chi connectivity index (χ0) is 18.2. The molecule has 7 heteroatoms. The van der Waals surface area contributed by atoms with Gasteiger partial charge in [0, 0.05) is 29.4 Å². The number of carboxylic acids is 1. The second-order valence-electron chi connectivity index (χ2n) is 6.54. The van der Waals surface area contributed by atoms with Gasteiger partial charge in [0.2, 0.25) is 0 Å². The monoisotopic (exact) mass is 357 g/mol. The van der Waals surface area contributed by atoms with Crippen LogP contribution in [0.15, 0.2) is 35.4 Å². The Hall–Kier alpha value is -2.54. The number of hydrogen-bond donors (Lipinski definition) is 1. The predicted octanol–water partition coefficient (Wildman–Crippen LogP) is 3.19. The summed E-state index contributed by atoms with van der Waals surface area (Å²) in [5.74, 6) is -0.488. The number of nitrogens with zero attached hydrogens (tertiary/aromatic N) is 3. The van der Waals surface area contributed by atoms with Gasteiger partial charge in [-0.3, -0.25) is 19.1 Å². The molecule has 0 aliphatic heterocycles. The molecule has 0 aliphatic rings. The molecule has 130 valence electrons. The fourth-order valence-electron chi connectivity index (χ4n) is 2.57. The molecule has 0 saturated heterocycles. The molecule has 3 rings (SSSR count). The van der Waals surface area contributed by atoms with Crippen molar-refractivity contribution in [1.82, 2.24) is 14.5 Å². The van der Waals surface area contributed by atoms with Crippen molar-refractivity contribution in [3.8, 4) is 11.4 Å². The minimum Gasteiger partial charge on any atom is -0.481 e. The molecule has 0 fully saturated rings. The fraction of sp³-hybridized carbons (Fsp3) is 0.333. The standard InChI is InChI=1S/C18H19N3O3S/c1-4-12-9-13-15(25-12)20-14(11-5-7-19-8-6-11)21(16(13)22)10-18(2,3)17(23)24/h5-9H,4,10H2,1-3H3,(H,23,24). The van der Waals surface area contributed by atoms with Crippen molar-refractivity contribution in [1.29, 1.82) is 0 Å². The lowest BCUT2D eigenvalue weighted by Gasteiger charge is -2.22. The lowest BCUT2D eigenvalue weighted by molar-refractivity contribution is -0.147. The Labute approximate surface area is 148 Å². The molecular formula is C18H19N3O3S. The van der Waals surface area contributed by atoms with Gasteiger partial charge < -0.3 is 5.11 Å².